The molecule has 0 bridgehead atoms. The van der Waals surface area contributed by atoms with Crippen LogP contribution >= 0.6 is 11.3 Å². The number of carbonyl (C=O) groups excluding carboxylic acids is 1. The second-order valence-corrected chi connectivity index (χ2v) is 5.65. The summed E-state index contributed by atoms with van der Waals surface area (Å²) in [5.74, 6) is -0.766. The number of rotatable bonds is 5. The van der Waals surface area contributed by atoms with E-state index in [1.807, 2.05) is 0 Å². The molecule has 0 aromatic carbocycles. The van der Waals surface area contributed by atoms with Gasteiger partial charge in [-0.1, -0.05) is 4.89 Å². The summed E-state index contributed by atoms with van der Waals surface area (Å²) in [6.45, 7) is 1.16. The van der Waals surface area contributed by atoms with Crippen molar-refractivity contribution < 1.29 is 18.0 Å². The minimum atomic E-state index is -3.76. The molecule has 0 radical (unpaired) electrons. The van der Waals surface area contributed by atoms with Gasteiger partial charge in [0.25, 0.3) is 10.0 Å². The molecule has 0 aliphatic carbocycles. The fourth-order valence-corrected chi connectivity index (χ4v) is 2.58. The van der Waals surface area contributed by atoms with Crippen LogP contribution in [0.1, 0.15) is 5.01 Å². The van der Waals surface area contributed by atoms with Crippen LogP contribution < -0.4 is 10.6 Å². The van der Waals surface area contributed by atoms with Gasteiger partial charge in [-0.2, -0.15) is 0 Å². The van der Waals surface area contributed by atoms with Gasteiger partial charge in [0.1, 0.15) is 6.61 Å². The summed E-state index contributed by atoms with van der Waals surface area (Å²) in [5.41, 5.74) is 4.76. The first-order valence-corrected chi connectivity index (χ1v) is 6.06. The van der Waals surface area contributed by atoms with E-state index in [1.165, 1.54) is 6.20 Å². The zero-order valence-electron chi connectivity index (χ0n) is 7.76. The quantitative estimate of drug-likeness (QED) is 0.662. The van der Waals surface area contributed by atoms with E-state index in [4.69, 9.17) is 5.73 Å². The van der Waals surface area contributed by atoms with E-state index < -0.39 is 22.5 Å². The highest BCUT2D eigenvalue weighted by atomic mass is 32.2. The maximum Gasteiger partial charge on any atom is 0.273 e. The van der Waals surface area contributed by atoms with Crippen LogP contribution in [0, 0.1) is 6.92 Å². The molecule has 1 aromatic heterocycles. The third-order valence-electron chi connectivity index (χ3n) is 1.25. The van der Waals surface area contributed by atoms with Crippen LogP contribution in [0.25, 0.3) is 0 Å². The second-order valence-electron chi connectivity index (χ2n) is 2.54. The number of aryl methyl sites for hydroxylation is 1. The van der Waals surface area contributed by atoms with Crippen LogP contribution in [-0.4, -0.2) is 25.9 Å². The molecule has 0 spiro atoms. The molecular formula is C6H9N3O4S2. The molecule has 84 valence electrons. The van der Waals surface area contributed by atoms with E-state index in [9.17, 15) is 13.2 Å². The number of hydrogen-bond donors (Lipinski definition) is 2. The topological polar surface area (TPSA) is 111 Å². The Morgan fingerprint density at radius 1 is 1.73 bits per heavy atom. The molecule has 3 N–H and O–H groups in total. The standard InChI is InChI=1S/C6H9N3O4S2/c1-4-8-2-6(14-4)15(11,12)9-13-3-5(7)10/h2,9H,3H2,1H3,(H2,7,10). The van der Waals surface area contributed by atoms with Gasteiger partial charge in [0.05, 0.1) is 11.2 Å². The van der Waals surface area contributed by atoms with E-state index >= 15 is 0 Å². The molecule has 1 amide bonds. The molecule has 1 heterocycles. The molecule has 0 saturated heterocycles. The smallest absolute Gasteiger partial charge is 0.273 e. The largest absolute Gasteiger partial charge is 0.368 e. The van der Waals surface area contributed by atoms with Crippen molar-refractivity contribution in [1.82, 2.24) is 9.87 Å². The van der Waals surface area contributed by atoms with Crippen LogP contribution in [-0.2, 0) is 19.7 Å². The zero-order valence-corrected chi connectivity index (χ0v) is 9.39. The van der Waals surface area contributed by atoms with Crippen LogP contribution in [0.15, 0.2) is 10.4 Å². The Balaban J connectivity index is 2.64. The van der Waals surface area contributed by atoms with Crippen molar-refractivity contribution in [2.45, 2.75) is 11.1 Å². The number of carbonyl (C=O) groups is 1. The molecule has 0 unspecified atom stereocenters. The van der Waals surface area contributed by atoms with Crippen molar-refractivity contribution in [1.29, 1.82) is 0 Å². The van der Waals surface area contributed by atoms with Crippen molar-refractivity contribution >= 4 is 27.3 Å². The molecule has 0 aliphatic heterocycles. The summed E-state index contributed by atoms with van der Waals surface area (Å²) in [5, 5.41) is 0.616. The number of nitrogens with zero attached hydrogens (tertiary/aromatic N) is 1. The number of sulfonamides is 1. The van der Waals surface area contributed by atoms with E-state index in [0.29, 0.717) is 5.01 Å². The summed E-state index contributed by atoms with van der Waals surface area (Å²) in [7, 11) is -3.76. The van der Waals surface area contributed by atoms with Crippen molar-refractivity contribution in [3.63, 3.8) is 0 Å². The lowest BCUT2D eigenvalue weighted by atomic mass is 10.7. The fraction of sp³-hybridized carbons (Fsp3) is 0.333. The van der Waals surface area contributed by atoms with Gasteiger partial charge in [-0.15, -0.1) is 11.3 Å². The summed E-state index contributed by atoms with van der Waals surface area (Å²) in [6.07, 6.45) is 1.20. The van der Waals surface area contributed by atoms with Crippen molar-refractivity contribution in [3.05, 3.63) is 11.2 Å². The predicted molar refractivity (Wildman–Crippen MR) is 52.3 cm³/mol. The summed E-state index contributed by atoms with van der Waals surface area (Å²) in [6, 6.07) is 0. The van der Waals surface area contributed by atoms with Gasteiger partial charge in [-0.25, -0.2) is 13.4 Å². The zero-order chi connectivity index (χ0) is 11.5. The minimum absolute atomic E-state index is 0.0180. The van der Waals surface area contributed by atoms with Gasteiger partial charge >= 0.3 is 0 Å². The molecule has 0 saturated carbocycles. The highest BCUT2D eigenvalue weighted by molar-refractivity contribution is 7.91. The molecule has 9 heteroatoms. The summed E-state index contributed by atoms with van der Waals surface area (Å²) < 4.78 is 22.8. The summed E-state index contributed by atoms with van der Waals surface area (Å²) in [4.78, 5) is 20.2. The van der Waals surface area contributed by atoms with Crippen molar-refractivity contribution in [2.24, 2.45) is 5.73 Å². The highest BCUT2D eigenvalue weighted by Crippen LogP contribution is 2.17. The van der Waals surface area contributed by atoms with Gasteiger partial charge < -0.3 is 5.73 Å². The number of thiazole rings is 1. The molecule has 0 atom stereocenters. The number of amides is 1. The molecule has 0 aliphatic rings. The monoisotopic (exact) mass is 251 g/mol. The first-order chi connectivity index (χ1) is 6.92. The lowest BCUT2D eigenvalue weighted by molar-refractivity contribution is -0.123. The Morgan fingerprint density at radius 2 is 2.40 bits per heavy atom. The van der Waals surface area contributed by atoms with Crippen LogP contribution in [0.3, 0.4) is 0 Å². The first-order valence-electron chi connectivity index (χ1n) is 3.76. The first kappa shape index (κ1) is 12.0. The van der Waals surface area contributed by atoms with E-state index in [1.54, 1.807) is 11.8 Å². The Labute approximate surface area is 90.3 Å². The fourth-order valence-electron chi connectivity index (χ4n) is 0.685. The Morgan fingerprint density at radius 3 is 2.87 bits per heavy atom. The molecule has 15 heavy (non-hydrogen) atoms. The molecule has 1 aromatic rings. The number of hydrogen-bond acceptors (Lipinski definition) is 6. The molecule has 0 fully saturated rings. The third-order valence-corrected chi connectivity index (χ3v) is 3.84. The average molecular weight is 251 g/mol. The lowest BCUT2D eigenvalue weighted by Crippen LogP contribution is -2.29. The van der Waals surface area contributed by atoms with Gasteiger partial charge in [0.15, 0.2) is 4.21 Å². The van der Waals surface area contributed by atoms with Crippen LogP contribution in [0.4, 0.5) is 0 Å². The number of nitrogens with two attached hydrogens (primary N) is 1. The van der Waals surface area contributed by atoms with Crippen molar-refractivity contribution in [2.75, 3.05) is 6.61 Å². The van der Waals surface area contributed by atoms with E-state index in [-0.39, 0.29) is 4.21 Å². The summed E-state index contributed by atoms with van der Waals surface area (Å²) >= 11 is 0.996. The van der Waals surface area contributed by atoms with Gasteiger partial charge in [0.2, 0.25) is 5.91 Å². The van der Waals surface area contributed by atoms with Gasteiger partial charge in [0, 0.05) is 0 Å². The maximum atomic E-state index is 11.4. The Hall–Kier alpha value is -1.03. The van der Waals surface area contributed by atoms with Gasteiger partial charge in [-0.3, -0.25) is 9.63 Å². The Kier molecular flexibility index (Phi) is 3.74. The van der Waals surface area contributed by atoms with Gasteiger partial charge in [-0.05, 0) is 6.92 Å². The highest BCUT2D eigenvalue weighted by Gasteiger charge is 2.17. The van der Waals surface area contributed by atoms with E-state index in [0.717, 1.165) is 11.3 Å². The predicted octanol–water partition coefficient (Wildman–Crippen LogP) is -0.853. The minimum Gasteiger partial charge on any atom is -0.368 e. The maximum absolute atomic E-state index is 11.4. The third kappa shape index (κ3) is 3.55. The van der Waals surface area contributed by atoms with Crippen LogP contribution in [0.5, 0.6) is 0 Å². The number of nitrogens with one attached hydrogen (secondary N) is 1. The SMILES string of the molecule is Cc1ncc(S(=O)(=O)NOCC(N)=O)s1. The average Bonchev–Trinajstić information content (AvgIpc) is 2.51. The molecular weight excluding hydrogens is 242 g/mol. The molecule has 7 nitrogen and oxygen atoms in total. The van der Waals surface area contributed by atoms with Crippen LogP contribution in [0.2, 0.25) is 0 Å². The number of primary amides is 1. The second kappa shape index (κ2) is 4.66. The van der Waals surface area contributed by atoms with E-state index in [2.05, 4.69) is 9.82 Å². The Bertz CT molecular complexity index is 453. The number of aromatic nitrogens is 1. The van der Waals surface area contributed by atoms with Crippen molar-refractivity contribution in [3.8, 4) is 0 Å². The lowest BCUT2D eigenvalue weighted by Gasteiger charge is -2.02. The normalized spacial score (nSPS) is 11.5. The molecule has 1 rings (SSSR count).